The van der Waals surface area contributed by atoms with Crippen LogP contribution in [0.4, 0.5) is 0 Å². The Morgan fingerprint density at radius 1 is 1.19 bits per heavy atom. The first-order valence-electron chi connectivity index (χ1n) is 6.19. The van der Waals surface area contributed by atoms with Gasteiger partial charge in [0.25, 0.3) is 0 Å². The number of fused-ring (bicyclic) bond motifs is 2. The SMILES string of the molecule is CN1C2CCC1CN(CC(C)(C)N)CC2.Cl. The molecule has 0 aromatic rings. The van der Waals surface area contributed by atoms with E-state index >= 15 is 0 Å². The van der Waals surface area contributed by atoms with Crippen molar-refractivity contribution in [3.05, 3.63) is 0 Å². The van der Waals surface area contributed by atoms with Crippen LogP contribution in [-0.2, 0) is 0 Å². The quantitative estimate of drug-likeness (QED) is 0.799. The molecule has 0 spiro atoms. The van der Waals surface area contributed by atoms with Crippen LogP contribution in [0.2, 0.25) is 0 Å². The Kier molecular flexibility index (Phi) is 4.64. The van der Waals surface area contributed by atoms with Gasteiger partial charge in [-0.3, -0.25) is 9.80 Å². The minimum Gasteiger partial charge on any atom is -0.324 e. The Bertz CT molecular complexity index is 227. The monoisotopic (exact) mass is 247 g/mol. The predicted octanol–water partition coefficient (Wildman–Crippen LogP) is 1.31. The number of rotatable bonds is 2. The van der Waals surface area contributed by atoms with E-state index in [2.05, 4.69) is 30.7 Å². The molecule has 4 heteroatoms. The summed E-state index contributed by atoms with van der Waals surface area (Å²) in [5.41, 5.74) is 6.04. The molecule has 16 heavy (non-hydrogen) atoms. The smallest absolute Gasteiger partial charge is 0.0226 e. The fraction of sp³-hybridized carbons (Fsp3) is 1.00. The van der Waals surface area contributed by atoms with E-state index in [1.54, 1.807) is 0 Å². The van der Waals surface area contributed by atoms with Gasteiger partial charge in [0.05, 0.1) is 0 Å². The maximum Gasteiger partial charge on any atom is 0.0226 e. The fourth-order valence-electron chi connectivity index (χ4n) is 3.10. The van der Waals surface area contributed by atoms with Crippen LogP contribution >= 0.6 is 12.4 Å². The van der Waals surface area contributed by atoms with Gasteiger partial charge in [-0.1, -0.05) is 0 Å². The van der Waals surface area contributed by atoms with Gasteiger partial charge >= 0.3 is 0 Å². The Morgan fingerprint density at radius 2 is 1.81 bits per heavy atom. The van der Waals surface area contributed by atoms with Crippen molar-refractivity contribution in [1.82, 2.24) is 9.80 Å². The van der Waals surface area contributed by atoms with E-state index in [1.165, 1.54) is 32.4 Å². The van der Waals surface area contributed by atoms with Crippen LogP contribution in [-0.4, -0.2) is 54.1 Å². The minimum atomic E-state index is -0.0534. The predicted molar refractivity (Wildman–Crippen MR) is 71.1 cm³/mol. The average molecular weight is 248 g/mol. The molecule has 2 saturated heterocycles. The summed E-state index contributed by atoms with van der Waals surface area (Å²) in [6, 6.07) is 1.61. The molecular formula is C12H26ClN3. The van der Waals surface area contributed by atoms with E-state index in [4.69, 9.17) is 5.73 Å². The molecule has 2 atom stereocenters. The van der Waals surface area contributed by atoms with E-state index in [1.807, 2.05) is 0 Å². The van der Waals surface area contributed by atoms with Crippen molar-refractivity contribution in [3.63, 3.8) is 0 Å². The standard InChI is InChI=1S/C12H25N3.ClH/c1-12(2,13)9-15-7-6-10-4-5-11(8-15)14(10)3;/h10-11H,4-9,13H2,1-3H3;1H. The summed E-state index contributed by atoms with van der Waals surface area (Å²) in [6.45, 7) is 7.73. The summed E-state index contributed by atoms with van der Waals surface area (Å²) < 4.78 is 0. The summed E-state index contributed by atoms with van der Waals surface area (Å²) >= 11 is 0. The molecule has 0 radical (unpaired) electrons. The van der Waals surface area contributed by atoms with E-state index in [-0.39, 0.29) is 17.9 Å². The van der Waals surface area contributed by atoms with Gasteiger partial charge in [-0.15, -0.1) is 12.4 Å². The molecule has 2 rings (SSSR count). The third kappa shape index (κ3) is 3.33. The summed E-state index contributed by atoms with van der Waals surface area (Å²) in [5.74, 6) is 0. The molecule has 2 heterocycles. The zero-order chi connectivity index (χ0) is 11.1. The van der Waals surface area contributed by atoms with Gasteiger partial charge in [0.2, 0.25) is 0 Å². The molecular weight excluding hydrogens is 222 g/mol. The number of halogens is 1. The van der Waals surface area contributed by atoms with Crippen LogP contribution in [0.25, 0.3) is 0 Å². The lowest BCUT2D eigenvalue weighted by molar-refractivity contribution is 0.195. The molecule has 2 bridgehead atoms. The molecule has 2 aliphatic heterocycles. The van der Waals surface area contributed by atoms with Crippen LogP contribution in [0, 0.1) is 0 Å². The Hall–Kier alpha value is 0.170. The van der Waals surface area contributed by atoms with E-state index in [0.29, 0.717) is 0 Å². The first kappa shape index (κ1) is 14.2. The number of hydrogen-bond acceptors (Lipinski definition) is 3. The maximum atomic E-state index is 6.09. The van der Waals surface area contributed by atoms with Crippen molar-refractivity contribution >= 4 is 12.4 Å². The molecule has 2 N–H and O–H groups in total. The molecule has 2 fully saturated rings. The van der Waals surface area contributed by atoms with Gasteiger partial charge in [0, 0.05) is 30.7 Å². The van der Waals surface area contributed by atoms with Crippen molar-refractivity contribution in [1.29, 1.82) is 0 Å². The molecule has 3 nitrogen and oxygen atoms in total. The van der Waals surface area contributed by atoms with Gasteiger partial charge in [0.1, 0.15) is 0 Å². The highest BCUT2D eigenvalue weighted by atomic mass is 35.5. The Labute approximate surface area is 106 Å². The van der Waals surface area contributed by atoms with Gasteiger partial charge < -0.3 is 5.73 Å². The van der Waals surface area contributed by atoms with E-state index < -0.39 is 0 Å². The largest absolute Gasteiger partial charge is 0.324 e. The molecule has 0 amide bonds. The number of likely N-dealkylation sites (N-methyl/N-ethyl adjacent to an activating group) is 1. The lowest BCUT2D eigenvalue weighted by Crippen LogP contribution is -2.47. The topological polar surface area (TPSA) is 32.5 Å². The number of nitrogens with two attached hydrogens (primary N) is 1. The lowest BCUT2D eigenvalue weighted by atomic mass is 10.0. The van der Waals surface area contributed by atoms with Crippen molar-refractivity contribution in [3.8, 4) is 0 Å². The lowest BCUT2D eigenvalue weighted by Gasteiger charge is -2.31. The third-order valence-corrected chi connectivity index (χ3v) is 3.86. The second-order valence-electron chi connectivity index (χ2n) is 6.06. The molecule has 0 aliphatic carbocycles. The molecule has 96 valence electrons. The van der Waals surface area contributed by atoms with E-state index in [9.17, 15) is 0 Å². The normalized spacial score (nSPS) is 32.2. The number of hydrogen-bond donors (Lipinski definition) is 1. The molecule has 0 saturated carbocycles. The maximum absolute atomic E-state index is 6.09. The molecule has 2 unspecified atom stereocenters. The Morgan fingerprint density at radius 3 is 2.44 bits per heavy atom. The number of likely N-dealkylation sites (tertiary alicyclic amines) is 1. The van der Waals surface area contributed by atoms with Crippen LogP contribution in [0.5, 0.6) is 0 Å². The van der Waals surface area contributed by atoms with Gasteiger partial charge in [0.15, 0.2) is 0 Å². The summed E-state index contributed by atoms with van der Waals surface area (Å²) in [4.78, 5) is 5.14. The van der Waals surface area contributed by atoms with Gasteiger partial charge in [-0.05, 0) is 46.7 Å². The fourth-order valence-corrected chi connectivity index (χ4v) is 3.10. The third-order valence-electron chi connectivity index (χ3n) is 3.86. The van der Waals surface area contributed by atoms with Gasteiger partial charge in [-0.2, -0.15) is 0 Å². The zero-order valence-corrected chi connectivity index (χ0v) is 11.6. The second-order valence-corrected chi connectivity index (χ2v) is 6.06. The molecule has 0 aromatic carbocycles. The first-order chi connectivity index (χ1) is 6.96. The van der Waals surface area contributed by atoms with Crippen LogP contribution in [0.1, 0.15) is 33.1 Å². The highest BCUT2D eigenvalue weighted by Crippen LogP contribution is 2.28. The second kappa shape index (κ2) is 5.21. The van der Waals surface area contributed by atoms with Gasteiger partial charge in [-0.25, -0.2) is 0 Å². The van der Waals surface area contributed by atoms with Crippen molar-refractivity contribution in [2.24, 2.45) is 5.73 Å². The van der Waals surface area contributed by atoms with Crippen LogP contribution in [0.15, 0.2) is 0 Å². The summed E-state index contributed by atoms with van der Waals surface area (Å²) in [5, 5.41) is 0. The van der Waals surface area contributed by atoms with E-state index in [0.717, 1.165) is 18.6 Å². The highest BCUT2D eigenvalue weighted by Gasteiger charge is 2.35. The minimum absolute atomic E-state index is 0. The molecule has 2 aliphatic rings. The van der Waals surface area contributed by atoms with Crippen molar-refractivity contribution in [2.75, 3.05) is 26.7 Å². The van der Waals surface area contributed by atoms with Crippen LogP contribution in [0.3, 0.4) is 0 Å². The zero-order valence-electron chi connectivity index (χ0n) is 10.8. The number of nitrogens with zero attached hydrogens (tertiary/aromatic N) is 2. The summed E-state index contributed by atoms with van der Waals surface area (Å²) in [7, 11) is 2.29. The molecule has 0 aromatic heterocycles. The Balaban J connectivity index is 0.00000128. The average Bonchev–Trinajstić information content (AvgIpc) is 2.31. The van der Waals surface area contributed by atoms with Crippen LogP contribution < -0.4 is 5.73 Å². The highest BCUT2D eigenvalue weighted by molar-refractivity contribution is 5.85. The summed E-state index contributed by atoms with van der Waals surface area (Å²) in [6.07, 6.45) is 4.10. The first-order valence-corrected chi connectivity index (χ1v) is 6.19. The van der Waals surface area contributed by atoms with Crippen molar-refractivity contribution < 1.29 is 0 Å². The van der Waals surface area contributed by atoms with Crippen molar-refractivity contribution in [2.45, 2.75) is 50.7 Å².